The molecular weight excluding hydrogens is 424 g/mol. The van der Waals surface area contributed by atoms with E-state index >= 15 is 0 Å². The number of rotatable bonds is 5. The van der Waals surface area contributed by atoms with Gasteiger partial charge in [-0.2, -0.15) is 0 Å². The van der Waals surface area contributed by atoms with Gasteiger partial charge >= 0.3 is 0 Å². The molecule has 0 bridgehead atoms. The van der Waals surface area contributed by atoms with E-state index in [2.05, 4.69) is 28.2 Å². The van der Waals surface area contributed by atoms with E-state index in [0.29, 0.717) is 21.8 Å². The third-order valence-electron chi connectivity index (χ3n) is 4.62. The van der Waals surface area contributed by atoms with Crippen LogP contribution >= 0.6 is 28.1 Å². The third kappa shape index (κ3) is 3.92. The third-order valence-corrected chi connectivity index (χ3v) is 5.46. The zero-order valence-corrected chi connectivity index (χ0v) is 17.6. The lowest BCUT2D eigenvalue weighted by Crippen LogP contribution is -2.47. The predicted octanol–water partition coefficient (Wildman–Crippen LogP) is 4.95. The SMILES string of the molecule is CCCN1C(=S)NC(c2cc(Br)ccc2O)C(C(=O)c2ccccc2)=C1C. The van der Waals surface area contributed by atoms with E-state index in [1.807, 2.05) is 36.1 Å². The molecule has 3 rings (SSSR count). The molecule has 27 heavy (non-hydrogen) atoms. The van der Waals surface area contributed by atoms with Gasteiger partial charge in [-0.15, -0.1) is 0 Å². The average molecular weight is 445 g/mol. The van der Waals surface area contributed by atoms with Crippen molar-refractivity contribution in [3.05, 3.63) is 75.4 Å². The molecule has 0 radical (unpaired) electrons. The maximum atomic E-state index is 13.4. The molecule has 1 aliphatic heterocycles. The second-order valence-corrected chi connectivity index (χ2v) is 7.73. The minimum atomic E-state index is -0.518. The molecule has 0 aliphatic carbocycles. The van der Waals surface area contributed by atoms with Crippen LogP contribution in [0.15, 0.2) is 64.3 Å². The highest BCUT2D eigenvalue weighted by Crippen LogP contribution is 2.37. The summed E-state index contributed by atoms with van der Waals surface area (Å²) in [7, 11) is 0. The fraction of sp³-hybridized carbons (Fsp3) is 0.238. The Labute approximate surface area is 173 Å². The van der Waals surface area contributed by atoms with Crippen LogP contribution in [-0.4, -0.2) is 27.4 Å². The second-order valence-electron chi connectivity index (χ2n) is 6.43. The predicted molar refractivity (Wildman–Crippen MR) is 115 cm³/mol. The van der Waals surface area contributed by atoms with Crippen molar-refractivity contribution in [2.75, 3.05) is 6.54 Å². The quantitative estimate of drug-likeness (QED) is 0.504. The summed E-state index contributed by atoms with van der Waals surface area (Å²) in [6.45, 7) is 4.71. The smallest absolute Gasteiger partial charge is 0.193 e. The van der Waals surface area contributed by atoms with Crippen molar-refractivity contribution in [2.24, 2.45) is 0 Å². The summed E-state index contributed by atoms with van der Waals surface area (Å²) in [6, 6.07) is 13.9. The van der Waals surface area contributed by atoms with Gasteiger partial charge in [-0.05, 0) is 43.8 Å². The fourth-order valence-electron chi connectivity index (χ4n) is 3.30. The van der Waals surface area contributed by atoms with Crippen LogP contribution in [0.3, 0.4) is 0 Å². The van der Waals surface area contributed by atoms with Crippen molar-refractivity contribution >= 4 is 39.0 Å². The van der Waals surface area contributed by atoms with Crippen LogP contribution in [0.4, 0.5) is 0 Å². The molecule has 1 aliphatic rings. The second kappa shape index (κ2) is 8.23. The molecule has 4 nitrogen and oxygen atoms in total. The summed E-state index contributed by atoms with van der Waals surface area (Å²) in [6.07, 6.45) is 0.902. The van der Waals surface area contributed by atoms with E-state index in [9.17, 15) is 9.90 Å². The number of phenolic OH excluding ortho intramolecular Hbond substituents is 1. The lowest BCUT2D eigenvalue weighted by Gasteiger charge is -2.38. The van der Waals surface area contributed by atoms with Crippen LogP contribution < -0.4 is 5.32 Å². The number of nitrogens with zero attached hydrogens (tertiary/aromatic N) is 1. The largest absolute Gasteiger partial charge is 0.508 e. The van der Waals surface area contributed by atoms with Gasteiger partial charge in [-0.3, -0.25) is 4.79 Å². The van der Waals surface area contributed by atoms with Crippen molar-refractivity contribution < 1.29 is 9.90 Å². The Morgan fingerprint density at radius 3 is 2.63 bits per heavy atom. The van der Waals surface area contributed by atoms with Gasteiger partial charge in [-0.1, -0.05) is 53.2 Å². The lowest BCUT2D eigenvalue weighted by atomic mass is 9.88. The zero-order valence-electron chi connectivity index (χ0n) is 15.2. The molecule has 1 heterocycles. The van der Waals surface area contributed by atoms with E-state index in [0.717, 1.165) is 23.1 Å². The number of carbonyl (C=O) groups is 1. The van der Waals surface area contributed by atoms with Crippen molar-refractivity contribution in [3.63, 3.8) is 0 Å². The van der Waals surface area contributed by atoms with Gasteiger partial charge in [0.15, 0.2) is 10.9 Å². The molecule has 1 unspecified atom stereocenters. The molecule has 2 N–H and O–H groups in total. The molecule has 2 aromatic rings. The van der Waals surface area contributed by atoms with Crippen LogP contribution in [0, 0.1) is 0 Å². The van der Waals surface area contributed by atoms with Gasteiger partial charge in [0.05, 0.1) is 6.04 Å². The number of hydrogen-bond acceptors (Lipinski definition) is 3. The first-order chi connectivity index (χ1) is 12.9. The van der Waals surface area contributed by atoms with Gasteiger partial charge in [-0.25, -0.2) is 0 Å². The number of thiocarbonyl (C=S) groups is 1. The number of Topliss-reactive ketones (excluding diaryl/α,β-unsaturated/α-hetero) is 1. The maximum absolute atomic E-state index is 13.4. The first-order valence-corrected chi connectivity index (χ1v) is 10.0. The van der Waals surface area contributed by atoms with Crippen LogP contribution in [0.5, 0.6) is 5.75 Å². The van der Waals surface area contributed by atoms with Crippen LogP contribution in [0.1, 0.15) is 42.2 Å². The molecule has 0 amide bonds. The summed E-state index contributed by atoms with van der Waals surface area (Å²) in [5.41, 5.74) is 2.63. The van der Waals surface area contributed by atoms with Crippen LogP contribution in [-0.2, 0) is 0 Å². The van der Waals surface area contributed by atoms with Crippen molar-refractivity contribution in [3.8, 4) is 5.75 Å². The number of benzene rings is 2. The molecule has 0 aromatic heterocycles. The normalized spacial score (nSPS) is 17.1. The molecule has 1 atom stereocenters. The zero-order chi connectivity index (χ0) is 19.6. The average Bonchev–Trinajstić information content (AvgIpc) is 2.67. The van der Waals surface area contributed by atoms with E-state index in [-0.39, 0.29) is 11.5 Å². The Bertz CT molecular complexity index is 912. The molecule has 6 heteroatoms. The van der Waals surface area contributed by atoms with Gasteiger partial charge in [0.25, 0.3) is 0 Å². The van der Waals surface area contributed by atoms with Gasteiger partial charge < -0.3 is 15.3 Å². The number of ketones is 1. The molecule has 2 aromatic carbocycles. The highest BCUT2D eigenvalue weighted by Gasteiger charge is 2.35. The van der Waals surface area contributed by atoms with E-state index in [1.165, 1.54) is 0 Å². The molecule has 0 fully saturated rings. The number of aromatic hydroxyl groups is 1. The Hall–Kier alpha value is -2.18. The van der Waals surface area contributed by atoms with Crippen molar-refractivity contribution in [1.82, 2.24) is 10.2 Å². The Balaban J connectivity index is 2.17. The molecule has 140 valence electrons. The van der Waals surface area contributed by atoms with E-state index in [1.54, 1.807) is 24.3 Å². The Kier molecular flexibility index (Phi) is 5.97. The molecule has 0 saturated heterocycles. The first-order valence-electron chi connectivity index (χ1n) is 8.81. The van der Waals surface area contributed by atoms with E-state index < -0.39 is 6.04 Å². The summed E-state index contributed by atoms with van der Waals surface area (Å²) < 4.78 is 0.822. The summed E-state index contributed by atoms with van der Waals surface area (Å²) in [5, 5.41) is 14.3. The maximum Gasteiger partial charge on any atom is 0.193 e. The van der Waals surface area contributed by atoms with Crippen molar-refractivity contribution in [2.45, 2.75) is 26.3 Å². The first kappa shape index (κ1) is 19.6. The number of carbonyl (C=O) groups excluding carboxylic acids is 1. The Morgan fingerprint density at radius 1 is 1.26 bits per heavy atom. The number of phenols is 1. The highest BCUT2D eigenvalue weighted by atomic mass is 79.9. The summed E-state index contributed by atoms with van der Waals surface area (Å²) in [5.74, 6) is 0.0437. The van der Waals surface area contributed by atoms with Crippen LogP contribution in [0.2, 0.25) is 0 Å². The van der Waals surface area contributed by atoms with E-state index in [4.69, 9.17) is 12.2 Å². The lowest BCUT2D eigenvalue weighted by molar-refractivity contribution is 0.102. The topological polar surface area (TPSA) is 52.6 Å². The molecule has 0 spiro atoms. The monoisotopic (exact) mass is 444 g/mol. The number of allylic oxidation sites excluding steroid dienone is 1. The van der Waals surface area contributed by atoms with Crippen LogP contribution in [0.25, 0.3) is 0 Å². The fourth-order valence-corrected chi connectivity index (χ4v) is 4.03. The van der Waals surface area contributed by atoms with Gasteiger partial charge in [0.1, 0.15) is 5.75 Å². The van der Waals surface area contributed by atoms with Gasteiger partial charge in [0.2, 0.25) is 0 Å². The Morgan fingerprint density at radius 2 is 1.96 bits per heavy atom. The van der Waals surface area contributed by atoms with Crippen molar-refractivity contribution in [1.29, 1.82) is 0 Å². The minimum absolute atomic E-state index is 0.0754. The summed E-state index contributed by atoms with van der Waals surface area (Å²) >= 11 is 9.00. The highest BCUT2D eigenvalue weighted by molar-refractivity contribution is 9.10. The number of hydrogen-bond donors (Lipinski definition) is 2. The number of halogens is 1. The van der Waals surface area contributed by atoms with Gasteiger partial charge in [0, 0.05) is 33.4 Å². The molecule has 0 saturated carbocycles. The summed E-state index contributed by atoms with van der Waals surface area (Å²) in [4.78, 5) is 15.3. The number of nitrogens with one attached hydrogen (secondary N) is 1. The molecular formula is C21H21BrN2O2S. The standard InChI is InChI=1S/C21H21BrN2O2S/c1-3-11-24-13(2)18(20(26)14-7-5-4-6-8-14)19(23-21(24)27)16-12-15(22)9-10-17(16)25/h4-10,12,19,25H,3,11H2,1-2H3,(H,23,27). The minimum Gasteiger partial charge on any atom is -0.508 e.